The molecule has 0 spiro atoms. The lowest BCUT2D eigenvalue weighted by atomic mass is 10.1. The van der Waals surface area contributed by atoms with Crippen molar-refractivity contribution < 1.29 is 9.13 Å². The molecule has 0 aromatic carbocycles. The lowest BCUT2D eigenvalue weighted by Gasteiger charge is -2.16. The zero-order valence-electron chi connectivity index (χ0n) is 13.5. The Balaban J connectivity index is 1.80. The molecule has 2 N–H and O–H groups in total. The summed E-state index contributed by atoms with van der Waals surface area (Å²) in [5.41, 5.74) is 7.32. The monoisotopic (exact) mass is 333 g/mol. The first-order valence-electron chi connectivity index (χ1n) is 7.89. The summed E-state index contributed by atoms with van der Waals surface area (Å²) in [6, 6.07) is 3.17. The van der Waals surface area contributed by atoms with Gasteiger partial charge in [-0.3, -0.25) is 4.98 Å². The molecule has 1 aliphatic rings. The first-order valence-corrected chi connectivity index (χ1v) is 7.89. The quantitative estimate of drug-likeness (QED) is 0.802. The van der Waals surface area contributed by atoms with Crippen molar-refractivity contribution in [1.29, 1.82) is 0 Å². The Bertz CT molecular complexity index is 742. The van der Waals surface area contributed by atoms with Crippen molar-refractivity contribution in [1.82, 2.24) is 14.9 Å². The van der Waals surface area contributed by atoms with Crippen LogP contribution in [0.4, 0.5) is 4.39 Å². The van der Waals surface area contributed by atoms with Crippen LogP contribution in [0.25, 0.3) is 11.0 Å². The molecule has 0 saturated carbocycles. The van der Waals surface area contributed by atoms with Crippen LogP contribution in [0.1, 0.15) is 5.56 Å². The van der Waals surface area contributed by atoms with E-state index < -0.39 is 0 Å². The maximum absolute atomic E-state index is 14.3. The zero-order chi connectivity index (χ0) is 17.1. The minimum atomic E-state index is -0.386. The van der Waals surface area contributed by atoms with E-state index in [0.29, 0.717) is 55.1 Å². The number of nitroso groups, excluding NO2 is 1. The van der Waals surface area contributed by atoms with Crippen LogP contribution < -0.4 is 10.5 Å². The van der Waals surface area contributed by atoms with Crippen molar-refractivity contribution in [2.24, 2.45) is 16.8 Å². The van der Waals surface area contributed by atoms with Crippen LogP contribution in [0.15, 0.2) is 23.5 Å². The van der Waals surface area contributed by atoms with E-state index >= 15 is 0 Å². The first kappa shape index (κ1) is 16.7. The van der Waals surface area contributed by atoms with Crippen molar-refractivity contribution in [3.8, 4) is 5.88 Å². The van der Waals surface area contributed by atoms with Gasteiger partial charge in [0.2, 0.25) is 5.88 Å². The summed E-state index contributed by atoms with van der Waals surface area (Å²) in [5, 5.41) is 3.15. The number of rotatable bonds is 6. The number of hydrogen-bond acceptors (Lipinski definition) is 7. The molecule has 1 saturated heterocycles. The minimum absolute atomic E-state index is 0.0692. The van der Waals surface area contributed by atoms with E-state index in [2.05, 4.69) is 20.0 Å². The summed E-state index contributed by atoms with van der Waals surface area (Å²) in [4.78, 5) is 21.4. The Labute approximate surface area is 139 Å². The Morgan fingerprint density at radius 3 is 2.96 bits per heavy atom. The van der Waals surface area contributed by atoms with Gasteiger partial charge in [0.25, 0.3) is 0 Å². The number of nitrogens with two attached hydrogens (primary N) is 1. The lowest BCUT2D eigenvalue weighted by Crippen LogP contribution is -2.25. The predicted octanol–water partition coefficient (Wildman–Crippen LogP) is 1.35. The van der Waals surface area contributed by atoms with Gasteiger partial charge in [0.1, 0.15) is 11.9 Å². The number of methoxy groups -OCH3 is 1. The number of hydrogen-bond donors (Lipinski definition) is 1. The zero-order valence-corrected chi connectivity index (χ0v) is 13.5. The van der Waals surface area contributed by atoms with E-state index in [4.69, 9.17) is 10.5 Å². The highest BCUT2D eigenvalue weighted by Crippen LogP contribution is 2.23. The molecule has 0 radical (unpaired) electrons. The van der Waals surface area contributed by atoms with Crippen LogP contribution >= 0.6 is 0 Å². The van der Waals surface area contributed by atoms with E-state index in [1.807, 2.05) is 0 Å². The van der Waals surface area contributed by atoms with Gasteiger partial charge in [0.15, 0.2) is 0 Å². The van der Waals surface area contributed by atoms with Crippen molar-refractivity contribution in [2.45, 2.75) is 12.5 Å². The van der Waals surface area contributed by atoms with Gasteiger partial charge in [-0.05, 0) is 19.0 Å². The van der Waals surface area contributed by atoms with Gasteiger partial charge in [0, 0.05) is 37.2 Å². The standard InChI is InChI=1S/C16H20FN5O2/c1-24-15-3-2-13-16(20-15)11(12(17)7-19-13)4-5-22-8-10(6-18)14(9-22)21-23/h2-3,7,10,14H,4-6,8-9,18H2,1H3/t10-,14?/m1/s1. The Kier molecular flexibility index (Phi) is 4.96. The summed E-state index contributed by atoms with van der Waals surface area (Å²) in [7, 11) is 1.52. The van der Waals surface area contributed by atoms with Crippen molar-refractivity contribution in [2.75, 3.05) is 33.3 Å². The number of aromatic nitrogens is 2. The van der Waals surface area contributed by atoms with E-state index in [-0.39, 0.29) is 17.8 Å². The van der Waals surface area contributed by atoms with Crippen LogP contribution in [0.3, 0.4) is 0 Å². The lowest BCUT2D eigenvalue weighted by molar-refractivity contribution is 0.327. The molecule has 1 unspecified atom stereocenters. The third kappa shape index (κ3) is 3.20. The number of fused-ring (bicyclic) bond motifs is 1. The molecule has 3 heterocycles. The third-order valence-corrected chi connectivity index (χ3v) is 4.55. The number of nitrogens with zero attached hydrogens (tertiary/aromatic N) is 4. The van der Waals surface area contributed by atoms with Crippen LogP contribution in [0.5, 0.6) is 5.88 Å². The number of ether oxygens (including phenoxy) is 1. The minimum Gasteiger partial charge on any atom is -0.481 e. The predicted molar refractivity (Wildman–Crippen MR) is 88.3 cm³/mol. The average Bonchev–Trinajstić information content (AvgIpc) is 3.02. The molecule has 1 fully saturated rings. The summed E-state index contributed by atoms with van der Waals surface area (Å²) >= 11 is 0. The second-order valence-corrected chi connectivity index (χ2v) is 5.98. The summed E-state index contributed by atoms with van der Waals surface area (Å²) in [6.45, 7) is 2.30. The van der Waals surface area contributed by atoms with Gasteiger partial charge in [-0.25, -0.2) is 9.37 Å². The van der Waals surface area contributed by atoms with Crippen molar-refractivity contribution in [3.05, 3.63) is 34.6 Å². The fourth-order valence-corrected chi connectivity index (χ4v) is 3.17. The number of likely N-dealkylation sites (tertiary alicyclic amines) is 1. The van der Waals surface area contributed by atoms with Gasteiger partial charge >= 0.3 is 0 Å². The fraction of sp³-hybridized carbons (Fsp3) is 0.500. The van der Waals surface area contributed by atoms with Gasteiger partial charge < -0.3 is 15.4 Å². The van der Waals surface area contributed by atoms with Crippen molar-refractivity contribution >= 4 is 11.0 Å². The molecule has 24 heavy (non-hydrogen) atoms. The van der Waals surface area contributed by atoms with Gasteiger partial charge in [-0.2, -0.15) is 4.91 Å². The highest BCUT2D eigenvalue weighted by Gasteiger charge is 2.32. The summed E-state index contributed by atoms with van der Waals surface area (Å²) in [5.74, 6) is 0.105. The third-order valence-electron chi connectivity index (χ3n) is 4.55. The Morgan fingerprint density at radius 2 is 2.29 bits per heavy atom. The van der Waals surface area contributed by atoms with E-state index in [9.17, 15) is 9.30 Å². The van der Waals surface area contributed by atoms with E-state index in [0.717, 1.165) is 0 Å². The van der Waals surface area contributed by atoms with Gasteiger partial charge in [-0.1, -0.05) is 5.18 Å². The van der Waals surface area contributed by atoms with Gasteiger partial charge in [-0.15, -0.1) is 0 Å². The van der Waals surface area contributed by atoms with E-state index in [1.165, 1.54) is 13.3 Å². The molecule has 0 amide bonds. The van der Waals surface area contributed by atoms with Crippen LogP contribution in [-0.4, -0.2) is 54.2 Å². The second-order valence-electron chi connectivity index (χ2n) is 5.98. The first-order chi connectivity index (χ1) is 11.7. The highest BCUT2D eigenvalue weighted by molar-refractivity contribution is 5.78. The Hall–Kier alpha value is -2.19. The molecule has 2 aromatic heterocycles. The smallest absolute Gasteiger partial charge is 0.213 e. The van der Waals surface area contributed by atoms with Crippen LogP contribution in [-0.2, 0) is 6.42 Å². The molecule has 8 heteroatoms. The van der Waals surface area contributed by atoms with Crippen molar-refractivity contribution in [3.63, 3.8) is 0 Å². The largest absolute Gasteiger partial charge is 0.481 e. The molecule has 1 aliphatic heterocycles. The van der Waals surface area contributed by atoms with Crippen LogP contribution in [0, 0.1) is 16.6 Å². The number of halogens is 1. The molecular weight excluding hydrogens is 313 g/mol. The van der Waals surface area contributed by atoms with Gasteiger partial charge in [0.05, 0.1) is 24.3 Å². The maximum Gasteiger partial charge on any atom is 0.213 e. The summed E-state index contributed by atoms with van der Waals surface area (Å²) in [6.07, 6.45) is 1.68. The molecule has 2 aromatic rings. The number of pyridine rings is 2. The van der Waals surface area contributed by atoms with Crippen LogP contribution in [0.2, 0.25) is 0 Å². The molecule has 128 valence electrons. The molecule has 0 aliphatic carbocycles. The average molecular weight is 333 g/mol. The molecule has 7 nitrogen and oxygen atoms in total. The van der Waals surface area contributed by atoms with E-state index in [1.54, 1.807) is 12.1 Å². The normalized spacial score (nSPS) is 21.3. The molecular formula is C16H20FN5O2. The molecule has 3 rings (SSSR count). The molecule has 0 bridgehead atoms. The fourth-order valence-electron chi connectivity index (χ4n) is 3.17. The summed E-state index contributed by atoms with van der Waals surface area (Å²) < 4.78 is 19.4. The molecule has 2 atom stereocenters. The Morgan fingerprint density at radius 1 is 1.46 bits per heavy atom. The topological polar surface area (TPSA) is 93.7 Å². The second kappa shape index (κ2) is 7.14. The highest BCUT2D eigenvalue weighted by atomic mass is 19.1. The SMILES string of the molecule is COc1ccc2ncc(F)c(CCN3CC(N=O)[C@H](CN)C3)c2n1. The maximum atomic E-state index is 14.3.